The molecule has 3 atom stereocenters. The summed E-state index contributed by atoms with van der Waals surface area (Å²) in [5.74, 6) is 0.632. The van der Waals surface area contributed by atoms with Crippen LogP contribution in [0.15, 0.2) is 24.3 Å². The van der Waals surface area contributed by atoms with E-state index < -0.39 is 0 Å². The number of hydrogen-bond acceptors (Lipinski definition) is 2. The van der Waals surface area contributed by atoms with Gasteiger partial charge in [-0.05, 0) is 42.7 Å². The van der Waals surface area contributed by atoms with Crippen LogP contribution in [0.2, 0.25) is 0 Å². The minimum atomic E-state index is 0.403. The Kier molecular flexibility index (Phi) is 3.40. The SMILES string of the molecule is CC1CN(C2CCCc3ccccc32)CCC1N. The van der Waals surface area contributed by atoms with Crippen molar-refractivity contribution in [3.8, 4) is 0 Å². The second-order valence-corrected chi connectivity index (χ2v) is 6.03. The average Bonchev–Trinajstić information content (AvgIpc) is 2.41. The Morgan fingerprint density at radius 1 is 1.22 bits per heavy atom. The van der Waals surface area contributed by atoms with Crippen LogP contribution in [0, 0.1) is 5.92 Å². The summed E-state index contributed by atoms with van der Waals surface area (Å²) < 4.78 is 0. The standard InChI is InChI=1S/C16H24N2/c1-12-11-18(10-9-15(12)17)16-8-4-6-13-5-2-3-7-14(13)16/h2-3,5,7,12,15-16H,4,6,8-11,17H2,1H3. The molecule has 2 N–H and O–H groups in total. The molecule has 1 aromatic rings. The smallest absolute Gasteiger partial charge is 0.0351 e. The van der Waals surface area contributed by atoms with Gasteiger partial charge < -0.3 is 5.73 Å². The molecule has 0 radical (unpaired) electrons. The first kappa shape index (κ1) is 12.2. The van der Waals surface area contributed by atoms with Gasteiger partial charge in [0.25, 0.3) is 0 Å². The topological polar surface area (TPSA) is 29.3 Å². The Morgan fingerprint density at radius 2 is 2.06 bits per heavy atom. The summed E-state index contributed by atoms with van der Waals surface area (Å²) in [6.45, 7) is 4.64. The number of rotatable bonds is 1. The monoisotopic (exact) mass is 244 g/mol. The van der Waals surface area contributed by atoms with Gasteiger partial charge in [0, 0.05) is 25.2 Å². The third kappa shape index (κ3) is 2.19. The molecule has 2 nitrogen and oxygen atoms in total. The van der Waals surface area contributed by atoms with Crippen molar-refractivity contribution in [3.63, 3.8) is 0 Å². The molecule has 0 amide bonds. The van der Waals surface area contributed by atoms with Crippen LogP contribution in [0.5, 0.6) is 0 Å². The number of hydrogen-bond donors (Lipinski definition) is 1. The van der Waals surface area contributed by atoms with E-state index in [2.05, 4.69) is 36.1 Å². The van der Waals surface area contributed by atoms with Gasteiger partial charge in [0.15, 0.2) is 0 Å². The van der Waals surface area contributed by atoms with Crippen LogP contribution in [0.3, 0.4) is 0 Å². The predicted molar refractivity (Wildman–Crippen MR) is 75.5 cm³/mol. The van der Waals surface area contributed by atoms with Crippen molar-refractivity contribution in [1.82, 2.24) is 4.90 Å². The summed E-state index contributed by atoms with van der Waals surface area (Å²) in [5, 5.41) is 0. The highest BCUT2D eigenvalue weighted by atomic mass is 15.2. The van der Waals surface area contributed by atoms with Gasteiger partial charge in [-0.15, -0.1) is 0 Å². The normalized spacial score (nSPS) is 33.1. The second kappa shape index (κ2) is 5.02. The maximum atomic E-state index is 6.14. The Hall–Kier alpha value is -0.860. The van der Waals surface area contributed by atoms with Gasteiger partial charge >= 0.3 is 0 Å². The van der Waals surface area contributed by atoms with E-state index in [1.807, 2.05) is 0 Å². The van der Waals surface area contributed by atoms with E-state index in [9.17, 15) is 0 Å². The minimum Gasteiger partial charge on any atom is -0.327 e. The van der Waals surface area contributed by atoms with Crippen LogP contribution >= 0.6 is 0 Å². The summed E-state index contributed by atoms with van der Waals surface area (Å²) in [4.78, 5) is 2.67. The van der Waals surface area contributed by atoms with Crippen LogP contribution in [-0.2, 0) is 6.42 Å². The summed E-state index contributed by atoms with van der Waals surface area (Å²) >= 11 is 0. The van der Waals surface area contributed by atoms with Crippen molar-refractivity contribution in [2.75, 3.05) is 13.1 Å². The van der Waals surface area contributed by atoms with Gasteiger partial charge in [0.2, 0.25) is 0 Å². The Balaban J connectivity index is 1.81. The van der Waals surface area contributed by atoms with Gasteiger partial charge in [-0.1, -0.05) is 31.2 Å². The highest BCUT2D eigenvalue weighted by Crippen LogP contribution is 2.36. The van der Waals surface area contributed by atoms with Gasteiger partial charge in [0.1, 0.15) is 0 Å². The van der Waals surface area contributed by atoms with E-state index in [4.69, 9.17) is 5.73 Å². The lowest BCUT2D eigenvalue weighted by atomic mass is 9.84. The largest absolute Gasteiger partial charge is 0.327 e. The van der Waals surface area contributed by atoms with Crippen LogP contribution in [0.4, 0.5) is 0 Å². The summed E-state index contributed by atoms with van der Waals surface area (Å²) in [6.07, 6.45) is 5.06. The van der Waals surface area contributed by atoms with Crippen molar-refractivity contribution in [1.29, 1.82) is 0 Å². The molecule has 98 valence electrons. The van der Waals surface area contributed by atoms with E-state index in [0.717, 1.165) is 6.42 Å². The van der Waals surface area contributed by atoms with E-state index in [-0.39, 0.29) is 0 Å². The maximum Gasteiger partial charge on any atom is 0.0351 e. The highest BCUT2D eigenvalue weighted by molar-refractivity contribution is 5.32. The van der Waals surface area contributed by atoms with Gasteiger partial charge in [-0.25, -0.2) is 0 Å². The third-order valence-corrected chi connectivity index (χ3v) is 4.78. The summed E-state index contributed by atoms with van der Waals surface area (Å²) in [6, 6.07) is 10.1. The second-order valence-electron chi connectivity index (χ2n) is 6.03. The molecule has 3 rings (SSSR count). The first-order valence-corrected chi connectivity index (χ1v) is 7.33. The third-order valence-electron chi connectivity index (χ3n) is 4.78. The first-order valence-electron chi connectivity index (χ1n) is 7.33. The molecular weight excluding hydrogens is 220 g/mol. The van der Waals surface area contributed by atoms with Crippen molar-refractivity contribution in [2.24, 2.45) is 11.7 Å². The average molecular weight is 244 g/mol. The van der Waals surface area contributed by atoms with Crippen molar-refractivity contribution in [3.05, 3.63) is 35.4 Å². The highest BCUT2D eigenvalue weighted by Gasteiger charge is 2.31. The minimum absolute atomic E-state index is 0.403. The molecule has 0 spiro atoms. The first-order chi connectivity index (χ1) is 8.75. The van der Waals surface area contributed by atoms with E-state index in [1.54, 1.807) is 11.1 Å². The zero-order valence-electron chi connectivity index (χ0n) is 11.3. The lowest BCUT2D eigenvalue weighted by Gasteiger charge is -2.42. The Morgan fingerprint density at radius 3 is 2.89 bits per heavy atom. The molecule has 0 aromatic heterocycles. The number of nitrogens with zero attached hydrogens (tertiary/aromatic N) is 1. The van der Waals surface area contributed by atoms with Gasteiger partial charge in [0.05, 0.1) is 0 Å². The molecule has 0 bridgehead atoms. The molecular formula is C16H24N2. The molecule has 1 aliphatic carbocycles. The zero-order valence-corrected chi connectivity index (χ0v) is 11.3. The van der Waals surface area contributed by atoms with Crippen LogP contribution in [0.25, 0.3) is 0 Å². The number of likely N-dealkylation sites (tertiary alicyclic amines) is 1. The van der Waals surface area contributed by atoms with E-state index in [0.29, 0.717) is 18.0 Å². The number of piperidine rings is 1. The van der Waals surface area contributed by atoms with Crippen molar-refractivity contribution in [2.45, 2.75) is 44.7 Å². The molecule has 3 unspecified atom stereocenters. The molecule has 2 heteroatoms. The van der Waals surface area contributed by atoms with Crippen LogP contribution < -0.4 is 5.73 Å². The number of benzene rings is 1. The molecule has 18 heavy (non-hydrogen) atoms. The lowest BCUT2D eigenvalue weighted by molar-refractivity contribution is 0.105. The lowest BCUT2D eigenvalue weighted by Crippen LogP contribution is -2.47. The van der Waals surface area contributed by atoms with E-state index in [1.165, 1.54) is 32.4 Å². The Bertz CT molecular complexity index is 415. The Labute approximate surface area is 110 Å². The maximum absolute atomic E-state index is 6.14. The molecule has 1 fully saturated rings. The van der Waals surface area contributed by atoms with E-state index >= 15 is 0 Å². The fourth-order valence-corrected chi connectivity index (χ4v) is 3.59. The number of nitrogens with two attached hydrogens (primary N) is 1. The van der Waals surface area contributed by atoms with Crippen LogP contribution in [-0.4, -0.2) is 24.0 Å². The fourth-order valence-electron chi connectivity index (χ4n) is 3.59. The quantitative estimate of drug-likeness (QED) is 0.823. The van der Waals surface area contributed by atoms with Crippen molar-refractivity contribution < 1.29 is 0 Å². The van der Waals surface area contributed by atoms with Crippen LogP contribution in [0.1, 0.15) is 43.4 Å². The fraction of sp³-hybridized carbons (Fsp3) is 0.625. The molecule has 2 aliphatic rings. The molecule has 1 aromatic carbocycles. The summed E-state index contributed by atoms with van der Waals surface area (Å²) in [7, 11) is 0. The number of fused-ring (bicyclic) bond motifs is 1. The van der Waals surface area contributed by atoms with Gasteiger partial charge in [-0.3, -0.25) is 4.90 Å². The predicted octanol–water partition coefficient (Wildman–Crippen LogP) is 2.73. The summed E-state index contributed by atoms with van der Waals surface area (Å²) in [5.41, 5.74) is 9.28. The van der Waals surface area contributed by atoms with Gasteiger partial charge in [-0.2, -0.15) is 0 Å². The molecule has 0 saturated carbocycles. The van der Waals surface area contributed by atoms with Crippen molar-refractivity contribution >= 4 is 0 Å². The zero-order chi connectivity index (χ0) is 12.5. The molecule has 1 aliphatic heterocycles. The number of aryl methyl sites for hydroxylation is 1. The molecule has 1 heterocycles. The molecule has 1 saturated heterocycles.